The van der Waals surface area contributed by atoms with Gasteiger partial charge in [-0.3, -0.25) is 4.79 Å². The summed E-state index contributed by atoms with van der Waals surface area (Å²) in [5, 5.41) is 13.8. The highest BCUT2D eigenvalue weighted by Crippen LogP contribution is 2.31. The van der Waals surface area contributed by atoms with Crippen LogP contribution >= 0.6 is 11.3 Å². The largest absolute Gasteiger partial charge is 0.545 e. The summed E-state index contributed by atoms with van der Waals surface area (Å²) in [5.74, 6) is -1.94. The molecule has 1 heterocycles. The third-order valence-corrected chi connectivity index (χ3v) is 4.40. The summed E-state index contributed by atoms with van der Waals surface area (Å²) >= 11 is 1.61. The smallest absolute Gasteiger partial charge is 0.248 e. The number of hydrogen-bond acceptors (Lipinski definition) is 5. The Hall–Kier alpha value is -2.99. The van der Waals surface area contributed by atoms with E-state index < -0.39 is 11.9 Å². The molecule has 0 saturated heterocycles. The van der Waals surface area contributed by atoms with Crippen LogP contribution < -0.4 is 10.4 Å². The number of carbonyl (C=O) groups excluding carboxylic acids is 2. The number of benzene rings is 2. The second-order valence-corrected chi connectivity index (χ2v) is 6.24. The van der Waals surface area contributed by atoms with Crippen LogP contribution in [0, 0.1) is 6.92 Å². The van der Waals surface area contributed by atoms with Crippen molar-refractivity contribution < 1.29 is 14.7 Å². The lowest BCUT2D eigenvalue weighted by atomic mass is 10.2. The number of thiazole rings is 1. The first-order valence-electron chi connectivity index (χ1n) is 7.19. The van der Waals surface area contributed by atoms with Gasteiger partial charge in [0.1, 0.15) is 5.01 Å². The molecule has 0 aliphatic rings. The van der Waals surface area contributed by atoms with Crippen LogP contribution in [0.1, 0.15) is 5.56 Å². The molecule has 5 nitrogen and oxygen atoms in total. The van der Waals surface area contributed by atoms with Gasteiger partial charge in [0.25, 0.3) is 0 Å². The van der Waals surface area contributed by atoms with Gasteiger partial charge in [0.05, 0.1) is 16.2 Å². The minimum Gasteiger partial charge on any atom is -0.545 e. The molecule has 2 aromatic carbocycles. The molecule has 0 atom stereocenters. The number of hydrogen-bond donors (Lipinski definition) is 1. The zero-order valence-corrected chi connectivity index (χ0v) is 13.6. The number of carbonyl (C=O) groups is 2. The van der Waals surface area contributed by atoms with Crippen LogP contribution in [0.4, 0.5) is 5.69 Å². The van der Waals surface area contributed by atoms with E-state index in [0.717, 1.165) is 26.9 Å². The Morgan fingerprint density at radius 3 is 2.58 bits per heavy atom. The number of nitrogens with zero attached hydrogens (tertiary/aromatic N) is 1. The van der Waals surface area contributed by atoms with Crippen LogP contribution in [0.5, 0.6) is 0 Å². The lowest BCUT2D eigenvalue weighted by Crippen LogP contribution is -2.20. The lowest BCUT2D eigenvalue weighted by Gasteiger charge is -2.03. The second kappa shape index (κ2) is 6.64. The molecular formula is C18H13N2O3S-. The van der Waals surface area contributed by atoms with E-state index in [1.54, 1.807) is 23.5 Å². The van der Waals surface area contributed by atoms with Gasteiger partial charge in [-0.05, 0) is 55.0 Å². The Labute approximate surface area is 142 Å². The summed E-state index contributed by atoms with van der Waals surface area (Å²) in [6.07, 6.45) is 1.60. The summed E-state index contributed by atoms with van der Waals surface area (Å²) in [4.78, 5) is 26.4. The van der Waals surface area contributed by atoms with Gasteiger partial charge >= 0.3 is 0 Å². The van der Waals surface area contributed by atoms with Gasteiger partial charge in [0, 0.05) is 17.3 Å². The molecule has 0 aliphatic carbocycles. The molecule has 3 aromatic rings. The average Bonchev–Trinajstić information content (AvgIpc) is 2.96. The lowest BCUT2D eigenvalue weighted by molar-refractivity contribution is -0.297. The topological polar surface area (TPSA) is 82.1 Å². The molecule has 3 rings (SSSR count). The fourth-order valence-corrected chi connectivity index (χ4v) is 3.14. The van der Waals surface area contributed by atoms with Crippen LogP contribution in [0.2, 0.25) is 0 Å². The van der Waals surface area contributed by atoms with Crippen LogP contribution in [-0.2, 0) is 9.59 Å². The number of fused-ring (bicyclic) bond motifs is 1. The molecule has 0 aliphatic heterocycles. The number of aliphatic carboxylic acids is 1. The molecule has 0 spiro atoms. The summed E-state index contributed by atoms with van der Waals surface area (Å²) in [6, 6.07) is 13.4. The molecule has 0 unspecified atom stereocenters. The van der Waals surface area contributed by atoms with Gasteiger partial charge < -0.3 is 15.2 Å². The van der Waals surface area contributed by atoms with Crippen molar-refractivity contribution in [1.29, 1.82) is 0 Å². The first-order valence-corrected chi connectivity index (χ1v) is 8.00. The van der Waals surface area contributed by atoms with E-state index in [1.165, 1.54) is 5.56 Å². The van der Waals surface area contributed by atoms with E-state index in [4.69, 9.17) is 0 Å². The van der Waals surface area contributed by atoms with Crippen molar-refractivity contribution in [2.45, 2.75) is 6.92 Å². The van der Waals surface area contributed by atoms with Gasteiger partial charge in [0.2, 0.25) is 5.91 Å². The predicted molar refractivity (Wildman–Crippen MR) is 92.6 cm³/mol. The molecule has 0 saturated carbocycles. The Balaban J connectivity index is 1.78. The fraction of sp³-hybridized carbons (Fsp3) is 0.0556. The summed E-state index contributed by atoms with van der Waals surface area (Å²) in [7, 11) is 0. The third kappa shape index (κ3) is 3.67. The van der Waals surface area contributed by atoms with E-state index >= 15 is 0 Å². The van der Waals surface area contributed by atoms with Gasteiger partial charge in [-0.25, -0.2) is 4.98 Å². The average molecular weight is 337 g/mol. The predicted octanol–water partition coefficient (Wildman–Crippen LogP) is 2.52. The molecule has 1 amide bonds. The molecule has 120 valence electrons. The first-order chi connectivity index (χ1) is 11.5. The monoisotopic (exact) mass is 337 g/mol. The number of amides is 1. The minimum absolute atomic E-state index is 0.526. The van der Waals surface area contributed by atoms with Crippen LogP contribution in [0.3, 0.4) is 0 Å². The molecule has 24 heavy (non-hydrogen) atoms. The third-order valence-electron chi connectivity index (χ3n) is 3.31. The number of carboxylic acids is 1. The van der Waals surface area contributed by atoms with Gasteiger partial charge in [0.15, 0.2) is 0 Å². The molecular weight excluding hydrogens is 324 g/mol. The number of rotatable bonds is 4. The van der Waals surface area contributed by atoms with Crippen molar-refractivity contribution in [3.8, 4) is 10.6 Å². The number of aromatic nitrogens is 1. The molecule has 1 N–H and O–H groups in total. The number of nitrogens with one attached hydrogen (secondary N) is 1. The van der Waals surface area contributed by atoms with Gasteiger partial charge in [-0.15, -0.1) is 11.3 Å². The van der Waals surface area contributed by atoms with E-state index in [0.29, 0.717) is 11.8 Å². The molecule has 0 bridgehead atoms. The highest BCUT2D eigenvalue weighted by molar-refractivity contribution is 7.21. The Morgan fingerprint density at radius 2 is 1.88 bits per heavy atom. The highest BCUT2D eigenvalue weighted by atomic mass is 32.1. The minimum atomic E-state index is -1.41. The van der Waals surface area contributed by atoms with E-state index in [1.807, 2.05) is 25.1 Å². The maximum Gasteiger partial charge on any atom is 0.248 e. The van der Waals surface area contributed by atoms with Crippen LogP contribution in [0.25, 0.3) is 20.8 Å². The molecule has 0 radical (unpaired) electrons. The quantitative estimate of drug-likeness (QED) is 0.742. The Bertz CT molecular complexity index is 943. The Kier molecular flexibility index (Phi) is 4.39. The maximum absolute atomic E-state index is 11.5. The molecule has 1 aromatic heterocycles. The van der Waals surface area contributed by atoms with Crippen molar-refractivity contribution in [1.82, 2.24) is 4.98 Å². The van der Waals surface area contributed by atoms with Crippen LogP contribution in [0.15, 0.2) is 54.6 Å². The summed E-state index contributed by atoms with van der Waals surface area (Å²) < 4.78 is 1.13. The first kappa shape index (κ1) is 15.9. The standard InChI is InChI=1S/C18H14N2O3S/c1-11-2-7-15-14(10-11)20-18(24-15)12-3-5-13(6-4-12)19-16(21)8-9-17(22)23/h2-10H,1H3,(H,19,21)(H,22,23)/p-1. The van der Waals surface area contributed by atoms with Crippen LogP contribution in [-0.4, -0.2) is 16.9 Å². The van der Waals surface area contributed by atoms with Crippen molar-refractivity contribution in [3.05, 3.63) is 60.2 Å². The van der Waals surface area contributed by atoms with Crippen molar-refractivity contribution in [2.75, 3.05) is 5.32 Å². The van der Waals surface area contributed by atoms with E-state index in [-0.39, 0.29) is 0 Å². The Morgan fingerprint density at radius 1 is 1.12 bits per heavy atom. The summed E-state index contributed by atoms with van der Waals surface area (Å²) in [6.45, 7) is 2.03. The fourth-order valence-electron chi connectivity index (χ4n) is 2.18. The number of anilines is 1. The van der Waals surface area contributed by atoms with E-state index in [2.05, 4.69) is 22.4 Å². The van der Waals surface area contributed by atoms with Crippen molar-refractivity contribution >= 4 is 39.1 Å². The zero-order valence-electron chi connectivity index (χ0n) is 12.8. The summed E-state index contributed by atoms with van der Waals surface area (Å²) in [5.41, 5.74) is 3.67. The molecule has 6 heteroatoms. The van der Waals surface area contributed by atoms with Gasteiger partial charge in [-0.2, -0.15) is 0 Å². The number of aryl methyl sites for hydroxylation is 1. The highest BCUT2D eigenvalue weighted by Gasteiger charge is 2.07. The van der Waals surface area contributed by atoms with E-state index in [9.17, 15) is 14.7 Å². The number of carboxylic acid groups (broad SMARTS) is 1. The normalized spacial score (nSPS) is 11.0. The SMILES string of the molecule is Cc1ccc2sc(-c3ccc(NC(=O)C=CC(=O)[O-])cc3)nc2c1. The van der Waals surface area contributed by atoms with Crippen molar-refractivity contribution in [3.63, 3.8) is 0 Å². The maximum atomic E-state index is 11.5. The second-order valence-electron chi connectivity index (χ2n) is 5.21. The zero-order chi connectivity index (χ0) is 17.1. The van der Waals surface area contributed by atoms with Crippen molar-refractivity contribution in [2.24, 2.45) is 0 Å². The molecule has 0 fully saturated rings. The van der Waals surface area contributed by atoms with Gasteiger partial charge in [-0.1, -0.05) is 6.07 Å².